The summed E-state index contributed by atoms with van der Waals surface area (Å²) in [5.41, 5.74) is 0.908. The number of halogens is 1. The average Bonchev–Trinajstić information content (AvgIpc) is 2.81. The Labute approximate surface area is 127 Å². The van der Waals surface area contributed by atoms with Gasteiger partial charge in [-0.2, -0.15) is 0 Å². The van der Waals surface area contributed by atoms with E-state index < -0.39 is 5.56 Å². The van der Waals surface area contributed by atoms with Crippen LogP contribution in [0.25, 0.3) is 11.2 Å². The summed E-state index contributed by atoms with van der Waals surface area (Å²) >= 11 is 3.35. The van der Waals surface area contributed by atoms with Crippen molar-refractivity contribution < 1.29 is 0 Å². The van der Waals surface area contributed by atoms with E-state index >= 15 is 0 Å². The van der Waals surface area contributed by atoms with Crippen LogP contribution in [0, 0.1) is 0 Å². The number of pyridine rings is 1. The first kappa shape index (κ1) is 13.7. The molecule has 0 bridgehead atoms. The van der Waals surface area contributed by atoms with Crippen molar-refractivity contribution >= 4 is 27.1 Å². The Morgan fingerprint density at radius 1 is 1.24 bits per heavy atom. The molecule has 7 nitrogen and oxygen atoms in total. The SMILES string of the molecule is Cn1c(=O)c2nc(Br)n(Cc3cccnc3)c2n(C)c1=O. The minimum absolute atomic E-state index is 0.260. The number of hydrogen-bond acceptors (Lipinski definition) is 4. The zero-order valence-electron chi connectivity index (χ0n) is 11.4. The van der Waals surface area contributed by atoms with Crippen LogP contribution in [0.15, 0.2) is 38.8 Å². The number of nitrogens with zero attached hydrogens (tertiary/aromatic N) is 5. The molecule has 0 amide bonds. The summed E-state index contributed by atoms with van der Waals surface area (Å²) < 4.78 is 4.75. The molecule has 0 radical (unpaired) electrons. The van der Waals surface area contributed by atoms with Gasteiger partial charge in [-0.1, -0.05) is 6.07 Å². The smallest absolute Gasteiger partial charge is 0.300 e. The molecule has 8 heteroatoms. The second-order valence-corrected chi connectivity index (χ2v) is 5.42. The van der Waals surface area contributed by atoms with Gasteiger partial charge in [0.05, 0.1) is 6.54 Å². The molecule has 0 aliphatic carbocycles. The number of aromatic nitrogens is 5. The zero-order chi connectivity index (χ0) is 15.1. The van der Waals surface area contributed by atoms with E-state index in [1.165, 1.54) is 11.6 Å². The molecule has 0 saturated carbocycles. The second-order valence-electron chi connectivity index (χ2n) is 4.71. The third-order valence-corrected chi connectivity index (χ3v) is 3.96. The Morgan fingerprint density at radius 2 is 2.00 bits per heavy atom. The topological polar surface area (TPSA) is 74.7 Å². The molecular formula is C13H12BrN5O2. The van der Waals surface area contributed by atoms with E-state index in [1.54, 1.807) is 24.0 Å². The lowest BCUT2D eigenvalue weighted by Crippen LogP contribution is -2.37. The lowest BCUT2D eigenvalue weighted by Gasteiger charge is -2.09. The normalized spacial score (nSPS) is 11.2. The first-order chi connectivity index (χ1) is 10.0. The second kappa shape index (κ2) is 4.96. The van der Waals surface area contributed by atoms with Crippen LogP contribution in [0.3, 0.4) is 0 Å². The molecule has 0 spiro atoms. The highest BCUT2D eigenvalue weighted by atomic mass is 79.9. The van der Waals surface area contributed by atoms with Gasteiger partial charge in [-0.05, 0) is 27.6 Å². The summed E-state index contributed by atoms with van der Waals surface area (Å²) in [7, 11) is 3.07. The highest BCUT2D eigenvalue weighted by Gasteiger charge is 2.17. The van der Waals surface area contributed by atoms with E-state index in [9.17, 15) is 9.59 Å². The maximum Gasteiger partial charge on any atom is 0.332 e. The minimum atomic E-state index is -0.404. The summed E-state index contributed by atoms with van der Waals surface area (Å²) in [6.45, 7) is 0.464. The monoisotopic (exact) mass is 349 g/mol. The largest absolute Gasteiger partial charge is 0.332 e. The van der Waals surface area contributed by atoms with Crippen molar-refractivity contribution in [2.75, 3.05) is 0 Å². The number of imidazole rings is 1. The van der Waals surface area contributed by atoms with Gasteiger partial charge in [-0.3, -0.25) is 23.5 Å². The molecule has 3 heterocycles. The summed E-state index contributed by atoms with van der Waals surface area (Å²) in [6.07, 6.45) is 3.42. The molecule has 21 heavy (non-hydrogen) atoms. The van der Waals surface area contributed by atoms with Crippen LogP contribution in [0.5, 0.6) is 0 Å². The van der Waals surface area contributed by atoms with E-state index in [1.807, 2.05) is 12.1 Å². The Balaban J connectivity index is 2.32. The van der Waals surface area contributed by atoms with Crippen molar-refractivity contribution in [3.05, 3.63) is 55.7 Å². The van der Waals surface area contributed by atoms with Crippen LogP contribution in [0.2, 0.25) is 0 Å². The summed E-state index contributed by atoms with van der Waals surface area (Å²) in [6, 6.07) is 3.75. The van der Waals surface area contributed by atoms with Crippen LogP contribution in [-0.2, 0) is 20.6 Å². The predicted molar refractivity (Wildman–Crippen MR) is 81.3 cm³/mol. The van der Waals surface area contributed by atoms with Crippen molar-refractivity contribution in [1.82, 2.24) is 23.7 Å². The number of fused-ring (bicyclic) bond motifs is 1. The molecule has 3 aromatic heterocycles. The summed E-state index contributed by atoms with van der Waals surface area (Å²) in [5, 5.41) is 0. The maximum absolute atomic E-state index is 12.2. The van der Waals surface area contributed by atoms with E-state index in [0.29, 0.717) is 16.9 Å². The van der Waals surface area contributed by atoms with Gasteiger partial charge in [0.15, 0.2) is 15.9 Å². The van der Waals surface area contributed by atoms with Gasteiger partial charge in [0.1, 0.15) is 0 Å². The fourth-order valence-corrected chi connectivity index (χ4v) is 2.75. The van der Waals surface area contributed by atoms with Crippen molar-refractivity contribution in [2.45, 2.75) is 6.54 Å². The van der Waals surface area contributed by atoms with E-state index in [2.05, 4.69) is 25.9 Å². The fraction of sp³-hybridized carbons (Fsp3) is 0.231. The Hall–Kier alpha value is -2.22. The quantitative estimate of drug-likeness (QED) is 0.636. The summed E-state index contributed by atoms with van der Waals surface area (Å²) in [4.78, 5) is 32.5. The Kier molecular flexibility index (Phi) is 3.25. The maximum atomic E-state index is 12.2. The van der Waals surface area contributed by atoms with Crippen molar-refractivity contribution in [2.24, 2.45) is 14.1 Å². The molecule has 108 valence electrons. The van der Waals surface area contributed by atoms with Gasteiger partial charge >= 0.3 is 5.69 Å². The molecule has 3 aromatic rings. The van der Waals surface area contributed by atoms with Gasteiger partial charge in [0.25, 0.3) is 5.56 Å². The number of aryl methyl sites for hydroxylation is 1. The van der Waals surface area contributed by atoms with E-state index in [0.717, 1.165) is 10.1 Å². The molecule has 0 N–H and O–H groups in total. The number of rotatable bonds is 2. The highest BCUT2D eigenvalue weighted by molar-refractivity contribution is 9.10. The van der Waals surface area contributed by atoms with Crippen LogP contribution in [0.1, 0.15) is 5.56 Å². The first-order valence-corrected chi connectivity index (χ1v) is 7.00. The lowest BCUT2D eigenvalue weighted by atomic mass is 10.3. The van der Waals surface area contributed by atoms with Crippen molar-refractivity contribution in [3.63, 3.8) is 0 Å². The van der Waals surface area contributed by atoms with Gasteiger partial charge in [0.2, 0.25) is 0 Å². The average molecular weight is 350 g/mol. The number of hydrogen-bond donors (Lipinski definition) is 0. The standard InChI is InChI=1S/C13H12BrN5O2/c1-17-10-9(11(20)18(2)13(17)21)16-12(14)19(10)7-8-4-3-5-15-6-8/h3-6H,7H2,1-2H3. The molecule has 0 atom stereocenters. The molecule has 0 fully saturated rings. The summed E-state index contributed by atoms with van der Waals surface area (Å²) in [5.74, 6) is 0. The Morgan fingerprint density at radius 3 is 2.67 bits per heavy atom. The highest BCUT2D eigenvalue weighted by Crippen LogP contribution is 2.18. The molecule has 0 aliphatic heterocycles. The van der Waals surface area contributed by atoms with Crippen LogP contribution >= 0.6 is 15.9 Å². The molecular weight excluding hydrogens is 338 g/mol. The van der Waals surface area contributed by atoms with Gasteiger partial charge in [0, 0.05) is 26.5 Å². The first-order valence-electron chi connectivity index (χ1n) is 6.21. The third-order valence-electron chi connectivity index (χ3n) is 3.36. The molecule has 0 unspecified atom stereocenters. The van der Waals surface area contributed by atoms with Crippen molar-refractivity contribution in [1.29, 1.82) is 0 Å². The van der Waals surface area contributed by atoms with Crippen molar-refractivity contribution in [3.8, 4) is 0 Å². The van der Waals surface area contributed by atoms with Gasteiger partial charge in [-0.25, -0.2) is 9.78 Å². The zero-order valence-corrected chi connectivity index (χ0v) is 13.0. The lowest BCUT2D eigenvalue weighted by molar-refractivity contribution is 0.684. The minimum Gasteiger partial charge on any atom is -0.300 e. The molecule has 3 rings (SSSR count). The van der Waals surface area contributed by atoms with Crippen LogP contribution in [0.4, 0.5) is 0 Å². The molecule has 0 aliphatic rings. The van der Waals surface area contributed by atoms with Crippen LogP contribution < -0.4 is 11.2 Å². The van der Waals surface area contributed by atoms with E-state index in [4.69, 9.17) is 0 Å². The van der Waals surface area contributed by atoms with Gasteiger partial charge in [-0.15, -0.1) is 0 Å². The Bertz CT molecular complexity index is 939. The molecule has 0 aromatic carbocycles. The predicted octanol–water partition coefficient (Wildman–Crippen LogP) is 0.639. The third kappa shape index (κ3) is 2.11. The van der Waals surface area contributed by atoms with Crippen LogP contribution in [-0.4, -0.2) is 23.7 Å². The van der Waals surface area contributed by atoms with E-state index in [-0.39, 0.29) is 11.2 Å². The molecule has 0 saturated heterocycles. The fourth-order valence-electron chi connectivity index (χ4n) is 2.28. The van der Waals surface area contributed by atoms with Gasteiger partial charge < -0.3 is 0 Å².